The number of benzene rings is 2. The lowest BCUT2D eigenvalue weighted by Gasteiger charge is -2.21. The SMILES string of the molecule is CCCCC(Oc1ccc(C(N)=NO)cc1)Oc1ccc(-c2nc(NCC)sc2C(C)C)cc1. The zero-order chi connectivity index (χ0) is 24.5. The second kappa shape index (κ2) is 12.3. The number of nitrogens with one attached hydrogen (secondary N) is 1. The van der Waals surface area contributed by atoms with Gasteiger partial charge in [-0.05, 0) is 67.8 Å². The van der Waals surface area contributed by atoms with E-state index in [4.69, 9.17) is 25.4 Å². The zero-order valence-electron chi connectivity index (χ0n) is 20.2. The van der Waals surface area contributed by atoms with E-state index in [1.54, 1.807) is 35.6 Å². The molecule has 0 saturated heterocycles. The summed E-state index contributed by atoms with van der Waals surface area (Å²) in [6.07, 6.45) is 2.36. The van der Waals surface area contributed by atoms with Crippen LogP contribution in [0.2, 0.25) is 0 Å². The summed E-state index contributed by atoms with van der Waals surface area (Å²) >= 11 is 1.71. The number of thiazole rings is 1. The van der Waals surface area contributed by atoms with E-state index >= 15 is 0 Å². The van der Waals surface area contributed by atoms with Crippen LogP contribution in [0.5, 0.6) is 11.5 Å². The van der Waals surface area contributed by atoms with Crippen LogP contribution >= 0.6 is 11.3 Å². The molecule has 2 aromatic carbocycles. The summed E-state index contributed by atoms with van der Waals surface area (Å²) in [4.78, 5) is 6.08. The topological polar surface area (TPSA) is 102 Å². The molecule has 8 heteroatoms. The number of amidine groups is 1. The van der Waals surface area contributed by atoms with Crippen LogP contribution in [0.3, 0.4) is 0 Å². The maximum atomic E-state index is 8.83. The number of anilines is 1. The molecule has 0 radical (unpaired) electrons. The summed E-state index contributed by atoms with van der Waals surface area (Å²) in [6, 6.07) is 15.1. The normalized spacial score (nSPS) is 12.6. The van der Waals surface area contributed by atoms with E-state index in [1.165, 1.54) is 4.88 Å². The number of nitrogens with zero attached hydrogens (tertiary/aromatic N) is 2. The van der Waals surface area contributed by atoms with Crippen molar-refractivity contribution in [1.82, 2.24) is 4.98 Å². The van der Waals surface area contributed by atoms with Crippen molar-refractivity contribution in [2.24, 2.45) is 10.9 Å². The Kier molecular flexibility index (Phi) is 9.16. The van der Waals surface area contributed by atoms with Crippen molar-refractivity contribution in [2.45, 2.75) is 59.2 Å². The molecule has 1 unspecified atom stereocenters. The molecule has 0 saturated carbocycles. The molecular formula is C26H34N4O3S. The van der Waals surface area contributed by atoms with Crippen LogP contribution < -0.4 is 20.5 Å². The highest BCUT2D eigenvalue weighted by Crippen LogP contribution is 2.36. The van der Waals surface area contributed by atoms with Crippen molar-refractivity contribution in [3.05, 3.63) is 59.0 Å². The second-order valence-corrected chi connectivity index (χ2v) is 9.29. The predicted molar refractivity (Wildman–Crippen MR) is 139 cm³/mol. The molecule has 0 aliphatic rings. The Bertz CT molecular complexity index is 1060. The van der Waals surface area contributed by atoms with E-state index in [1.807, 2.05) is 12.1 Å². The quantitative estimate of drug-likeness (QED) is 0.0903. The second-order valence-electron chi connectivity index (χ2n) is 8.26. The molecule has 4 N–H and O–H groups in total. The Hall–Kier alpha value is -3.26. The molecule has 7 nitrogen and oxygen atoms in total. The average molecular weight is 483 g/mol. The first-order valence-corrected chi connectivity index (χ1v) is 12.5. The van der Waals surface area contributed by atoms with Crippen LogP contribution in [0.25, 0.3) is 11.3 Å². The third-order valence-electron chi connectivity index (χ3n) is 5.22. The van der Waals surface area contributed by atoms with Gasteiger partial charge in [-0.3, -0.25) is 0 Å². The Morgan fingerprint density at radius 2 is 1.68 bits per heavy atom. The fourth-order valence-corrected chi connectivity index (χ4v) is 4.48. The molecule has 0 fully saturated rings. The number of aromatic nitrogens is 1. The van der Waals surface area contributed by atoms with Gasteiger partial charge in [-0.15, -0.1) is 11.3 Å². The monoisotopic (exact) mass is 482 g/mol. The van der Waals surface area contributed by atoms with Crippen LogP contribution in [0, 0.1) is 0 Å². The van der Waals surface area contributed by atoms with Crippen molar-refractivity contribution in [3.63, 3.8) is 0 Å². The van der Waals surface area contributed by atoms with Gasteiger partial charge in [0.05, 0.1) is 5.69 Å². The third-order valence-corrected chi connectivity index (χ3v) is 6.53. The smallest absolute Gasteiger partial charge is 0.241 e. The van der Waals surface area contributed by atoms with Crippen LogP contribution in [-0.2, 0) is 0 Å². The maximum absolute atomic E-state index is 8.83. The van der Waals surface area contributed by atoms with Crippen molar-refractivity contribution in [2.75, 3.05) is 11.9 Å². The lowest BCUT2D eigenvalue weighted by Crippen LogP contribution is -2.24. The fraction of sp³-hybridized carbons (Fsp3) is 0.385. The molecule has 182 valence electrons. The highest BCUT2D eigenvalue weighted by atomic mass is 32.1. The minimum Gasteiger partial charge on any atom is -0.455 e. The molecule has 1 aromatic heterocycles. The molecule has 0 aliphatic heterocycles. The summed E-state index contributed by atoms with van der Waals surface area (Å²) in [5, 5.41) is 16.1. The number of ether oxygens (including phenoxy) is 2. The van der Waals surface area contributed by atoms with Gasteiger partial charge in [0.25, 0.3) is 0 Å². The first-order chi connectivity index (χ1) is 16.4. The van der Waals surface area contributed by atoms with Crippen molar-refractivity contribution < 1.29 is 14.7 Å². The summed E-state index contributed by atoms with van der Waals surface area (Å²) in [5.41, 5.74) is 8.35. The minimum absolute atomic E-state index is 0.0590. The van der Waals surface area contributed by atoms with Gasteiger partial charge in [-0.25, -0.2) is 4.98 Å². The van der Waals surface area contributed by atoms with E-state index in [9.17, 15) is 0 Å². The van der Waals surface area contributed by atoms with Crippen molar-refractivity contribution in [1.29, 1.82) is 0 Å². The van der Waals surface area contributed by atoms with Gasteiger partial charge >= 0.3 is 0 Å². The molecule has 1 atom stereocenters. The van der Waals surface area contributed by atoms with Crippen molar-refractivity contribution in [3.8, 4) is 22.8 Å². The van der Waals surface area contributed by atoms with Crippen LogP contribution in [0.15, 0.2) is 53.7 Å². The van der Waals surface area contributed by atoms with E-state index < -0.39 is 6.29 Å². The number of rotatable bonds is 12. The van der Waals surface area contributed by atoms with Gasteiger partial charge in [0.1, 0.15) is 11.5 Å². The van der Waals surface area contributed by atoms with Crippen LogP contribution in [0.4, 0.5) is 5.13 Å². The lowest BCUT2D eigenvalue weighted by atomic mass is 10.1. The molecule has 3 rings (SSSR count). The van der Waals surface area contributed by atoms with E-state index in [-0.39, 0.29) is 5.84 Å². The van der Waals surface area contributed by atoms with Gasteiger partial charge in [-0.2, -0.15) is 0 Å². The minimum atomic E-state index is -0.425. The maximum Gasteiger partial charge on any atom is 0.241 e. The highest BCUT2D eigenvalue weighted by molar-refractivity contribution is 7.16. The molecule has 34 heavy (non-hydrogen) atoms. The van der Waals surface area contributed by atoms with Gasteiger partial charge in [-0.1, -0.05) is 32.3 Å². The van der Waals surface area contributed by atoms with Gasteiger partial charge in [0.2, 0.25) is 6.29 Å². The highest BCUT2D eigenvalue weighted by Gasteiger charge is 2.17. The summed E-state index contributed by atoms with van der Waals surface area (Å²) < 4.78 is 12.3. The van der Waals surface area contributed by atoms with Crippen LogP contribution in [-0.4, -0.2) is 28.9 Å². The van der Waals surface area contributed by atoms with E-state index in [0.29, 0.717) is 17.2 Å². The largest absolute Gasteiger partial charge is 0.455 e. The zero-order valence-corrected chi connectivity index (χ0v) is 21.1. The summed E-state index contributed by atoms with van der Waals surface area (Å²) in [7, 11) is 0. The van der Waals surface area contributed by atoms with Crippen LogP contribution in [0.1, 0.15) is 63.3 Å². The molecule has 0 aliphatic carbocycles. The summed E-state index contributed by atoms with van der Waals surface area (Å²) in [5.74, 6) is 1.86. The Balaban J connectivity index is 1.74. The van der Waals surface area contributed by atoms with Gasteiger partial charge < -0.3 is 25.7 Å². The molecule has 0 spiro atoms. The number of oxime groups is 1. The molecule has 3 aromatic rings. The fourth-order valence-electron chi connectivity index (χ4n) is 3.43. The Morgan fingerprint density at radius 3 is 2.21 bits per heavy atom. The lowest BCUT2D eigenvalue weighted by molar-refractivity contribution is -0.00211. The van der Waals surface area contributed by atoms with Gasteiger partial charge in [0.15, 0.2) is 11.0 Å². The first-order valence-electron chi connectivity index (χ1n) is 11.7. The number of unbranched alkanes of at least 4 members (excludes halogenated alkanes) is 1. The average Bonchev–Trinajstić information content (AvgIpc) is 3.27. The molecular weight excluding hydrogens is 448 g/mol. The third kappa shape index (κ3) is 6.63. The molecule has 1 heterocycles. The van der Waals surface area contributed by atoms with Gasteiger partial charge in [0, 0.05) is 29.0 Å². The molecule has 0 bridgehead atoms. The van der Waals surface area contributed by atoms with E-state index in [2.05, 4.69) is 50.3 Å². The number of hydrogen-bond donors (Lipinski definition) is 3. The van der Waals surface area contributed by atoms with Crippen molar-refractivity contribution >= 4 is 22.3 Å². The Labute approximate surface area is 205 Å². The standard InChI is InChI=1S/C26H34N4O3S/c1-5-7-8-22(33-21-15-11-19(12-16-21)25(27)30-31)32-20-13-9-18(10-14-20)23-24(17(3)4)34-26(29-23)28-6-2/h9-17,22,31H,5-8H2,1-4H3,(H2,27,30)(H,28,29). The summed E-state index contributed by atoms with van der Waals surface area (Å²) in [6.45, 7) is 9.45. The molecule has 0 amide bonds. The number of hydrogen-bond acceptors (Lipinski definition) is 7. The van der Waals surface area contributed by atoms with E-state index in [0.717, 1.165) is 47.9 Å². The number of nitrogens with two attached hydrogens (primary N) is 1. The predicted octanol–water partition coefficient (Wildman–Crippen LogP) is 6.43. The Morgan fingerprint density at radius 1 is 1.06 bits per heavy atom. The first kappa shape index (κ1) is 25.4.